The molecule has 0 fully saturated rings. The fourth-order valence-electron chi connectivity index (χ4n) is 2.33. The van der Waals surface area contributed by atoms with E-state index in [4.69, 9.17) is 0 Å². The third-order valence-corrected chi connectivity index (χ3v) is 5.02. The normalized spacial score (nSPS) is 13.0. The number of nitrogens with zero attached hydrogens (tertiary/aromatic N) is 5. The van der Waals surface area contributed by atoms with Crippen molar-refractivity contribution in [3.8, 4) is 0 Å². The molecule has 6 heteroatoms. The first-order valence-electron chi connectivity index (χ1n) is 7.01. The summed E-state index contributed by atoms with van der Waals surface area (Å²) in [5.41, 5.74) is 1.07. The maximum atomic E-state index is 4.33. The molecule has 112 valence electrons. The second-order valence-electron chi connectivity index (χ2n) is 5.46. The van der Waals surface area contributed by atoms with Crippen molar-refractivity contribution in [3.63, 3.8) is 0 Å². The van der Waals surface area contributed by atoms with Crippen LogP contribution in [0.3, 0.4) is 0 Å². The van der Waals surface area contributed by atoms with Crippen LogP contribution in [0.25, 0.3) is 0 Å². The number of thioether (sulfide) groups is 1. The van der Waals surface area contributed by atoms with Crippen LogP contribution in [0.15, 0.2) is 66.6 Å². The van der Waals surface area contributed by atoms with Gasteiger partial charge < -0.3 is 0 Å². The predicted octanol–water partition coefficient (Wildman–Crippen LogP) is 3.34. The Hall–Kier alpha value is -2.21. The van der Waals surface area contributed by atoms with E-state index in [1.165, 1.54) is 5.56 Å². The minimum absolute atomic E-state index is 0.000185. The Balaban J connectivity index is 1.99. The lowest BCUT2D eigenvalue weighted by atomic mass is 9.84. The van der Waals surface area contributed by atoms with Gasteiger partial charge >= 0.3 is 0 Å². The van der Waals surface area contributed by atoms with Crippen LogP contribution in [0.2, 0.25) is 0 Å². The summed E-state index contributed by atoms with van der Waals surface area (Å²) in [4.78, 5) is 12.7. The molecule has 0 aliphatic heterocycles. The number of hydrogen-bond donors (Lipinski definition) is 0. The molecule has 0 N–H and O–H groups in total. The van der Waals surface area contributed by atoms with Gasteiger partial charge in [0, 0.05) is 17.8 Å². The Morgan fingerprint density at radius 2 is 1.77 bits per heavy atom. The molecule has 0 saturated heterocycles. The second kappa shape index (κ2) is 6.27. The SMILES string of the molecule is CC(C)(c1ccccc1)C(Sc1ncccn1)n1cncn1. The zero-order chi connectivity index (χ0) is 15.4. The molecule has 0 saturated carbocycles. The van der Waals surface area contributed by atoms with Crippen molar-refractivity contribution in [2.45, 2.75) is 29.8 Å². The van der Waals surface area contributed by atoms with Crippen LogP contribution >= 0.6 is 11.8 Å². The molecule has 22 heavy (non-hydrogen) atoms. The first-order chi connectivity index (χ1) is 10.7. The zero-order valence-electron chi connectivity index (χ0n) is 12.5. The highest BCUT2D eigenvalue weighted by molar-refractivity contribution is 7.99. The van der Waals surface area contributed by atoms with Gasteiger partial charge in [0.1, 0.15) is 18.0 Å². The first-order valence-corrected chi connectivity index (χ1v) is 7.89. The maximum absolute atomic E-state index is 4.33. The Morgan fingerprint density at radius 1 is 1.05 bits per heavy atom. The summed E-state index contributed by atoms with van der Waals surface area (Å²) < 4.78 is 1.87. The van der Waals surface area contributed by atoms with Crippen molar-refractivity contribution >= 4 is 11.8 Å². The number of rotatable bonds is 5. The summed E-state index contributed by atoms with van der Waals surface area (Å²) in [6.07, 6.45) is 6.80. The first kappa shape index (κ1) is 14.7. The molecule has 2 heterocycles. The van der Waals surface area contributed by atoms with Gasteiger partial charge in [0.2, 0.25) is 0 Å². The van der Waals surface area contributed by atoms with Gasteiger partial charge in [-0.25, -0.2) is 19.6 Å². The van der Waals surface area contributed by atoms with Gasteiger partial charge in [-0.1, -0.05) is 55.9 Å². The maximum Gasteiger partial charge on any atom is 0.189 e. The van der Waals surface area contributed by atoms with Gasteiger partial charge in [-0.2, -0.15) is 5.10 Å². The van der Waals surface area contributed by atoms with Gasteiger partial charge in [0.25, 0.3) is 0 Å². The third kappa shape index (κ3) is 3.01. The Labute approximate surface area is 133 Å². The van der Waals surface area contributed by atoms with E-state index in [0.717, 1.165) is 5.16 Å². The lowest BCUT2D eigenvalue weighted by Crippen LogP contribution is -2.29. The molecule has 0 radical (unpaired) electrons. The van der Waals surface area contributed by atoms with Crippen molar-refractivity contribution in [2.75, 3.05) is 0 Å². The summed E-state index contributed by atoms with van der Waals surface area (Å²) in [5.74, 6) is 0. The standard InChI is InChI=1S/C16H17N5S/c1-16(2,13-7-4-3-5-8-13)14(21-12-17-11-20-21)22-15-18-9-6-10-19-15/h3-12,14H,1-2H3. The van der Waals surface area contributed by atoms with Crippen LogP contribution in [-0.4, -0.2) is 24.7 Å². The van der Waals surface area contributed by atoms with Gasteiger partial charge in [-0.05, 0) is 11.6 Å². The van der Waals surface area contributed by atoms with Crippen LogP contribution in [0, 0.1) is 0 Å². The Morgan fingerprint density at radius 3 is 2.41 bits per heavy atom. The topological polar surface area (TPSA) is 56.5 Å². The van der Waals surface area contributed by atoms with Crippen molar-refractivity contribution < 1.29 is 0 Å². The van der Waals surface area contributed by atoms with Crippen molar-refractivity contribution in [1.82, 2.24) is 24.7 Å². The van der Waals surface area contributed by atoms with Crippen molar-refractivity contribution in [3.05, 3.63) is 67.0 Å². The molecule has 3 rings (SSSR count). The fraction of sp³-hybridized carbons (Fsp3) is 0.250. The van der Waals surface area contributed by atoms with Crippen molar-refractivity contribution in [1.29, 1.82) is 0 Å². The fourth-order valence-corrected chi connectivity index (χ4v) is 3.42. The van der Waals surface area contributed by atoms with E-state index in [9.17, 15) is 0 Å². The lowest BCUT2D eigenvalue weighted by molar-refractivity contribution is 0.394. The molecule has 2 aromatic heterocycles. The molecule has 0 aliphatic carbocycles. The molecule has 1 aromatic carbocycles. The monoisotopic (exact) mass is 311 g/mol. The summed E-state index contributed by atoms with van der Waals surface area (Å²) in [6.45, 7) is 4.40. The average Bonchev–Trinajstić information content (AvgIpc) is 3.08. The molecule has 1 unspecified atom stereocenters. The van der Waals surface area contributed by atoms with E-state index < -0.39 is 0 Å². The third-order valence-electron chi connectivity index (χ3n) is 3.57. The summed E-state index contributed by atoms with van der Waals surface area (Å²) in [6, 6.07) is 12.2. The van der Waals surface area contributed by atoms with Crippen LogP contribution in [0.4, 0.5) is 0 Å². The summed E-state index contributed by atoms with van der Waals surface area (Å²) in [7, 11) is 0. The molecule has 5 nitrogen and oxygen atoms in total. The molecule has 0 aliphatic rings. The second-order valence-corrected chi connectivity index (χ2v) is 6.51. The number of benzene rings is 1. The van der Waals surface area contributed by atoms with E-state index in [-0.39, 0.29) is 10.8 Å². The van der Waals surface area contributed by atoms with E-state index in [1.807, 2.05) is 16.8 Å². The molecule has 1 atom stereocenters. The number of aromatic nitrogens is 5. The largest absolute Gasteiger partial charge is 0.239 e. The average molecular weight is 311 g/mol. The zero-order valence-corrected chi connectivity index (χ0v) is 13.3. The highest BCUT2D eigenvalue weighted by Crippen LogP contribution is 2.44. The number of hydrogen-bond acceptors (Lipinski definition) is 5. The van der Waals surface area contributed by atoms with Gasteiger partial charge in [-0.15, -0.1) is 0 Å². The summed E-state index contributed by atoms with van der Waals surface area (Å²) in [5, 5.41) is 5.06. The van der Waals surface area contributed by atoms with Crippen LogP contribution in [-0.2, 0) is 5.41 Å². The lowest BCUT2D eigenvalue weighted by Gasteiger charge is -2.33. The highest BCUT2D eigenvalue weighted by atomic mass is 32.2. The van der Waals surface area contributed by atoms with Crippen LogP contribution in [0.5, 0.6) is 0 Å². The molecule has 3 aromatic rings. The smallest absolute Gasteiger partial charge is 0.189 e. The van der Waals surface area contributed by atoms with Crippen LogP contribution < -0.4 is 0 Å². The van der Waals surface area contributed by atoms with Gasteiger partial charge in [0.05, 0.1) is 0 Å². The van der Waals surface area contributed by atoms with E-state index >= 15 is 0 Å². The van der Waals surface area contributed by atoms with E-state index in [0.29, 0.717) is 0 Å². The summed E-state index contributed by atoms with van der Waals surface area (Å²) >= 11 is 1.59. The van der Waals surface area contributed by atoms with E-state index in [2.05, 4.69) is 58.2 Å². The minimum Gasteiger partial charge on any atom is -0.239 e. The molecular formula is C16H17N5S. The Kier molecular flexibility index (Phi) is 4.20. The quantitative estimate of drug-likeness (QED) is 0.534. The van der Waals surface area contributed by atoms with Crippen LogP contribution in [0.1, 0.15) is 24.8 Å². The minimum atomic E-state index is -0.168. The predicted molar refractivity (Wildman–Crippen MR) is 86.4 cm³/mol. The highest BCUT2D eigenvalue weighted by Gasteiger charge is 2.35. The Bertz CT molecular complexity index is 698. The molecule has 0 spiro atoms. The molecule has 0 bridgehead atoms. The van der Waals surface area contributed by atoms with Gasteiger partial charge in [-0.3, -0.25) is 0 Å². The van der Waals surface area contributed by atoms with Crippen molar-refractivity contribution in [2.24, 2.45) is 0 Å². The molecule has 0 amide bonds. The molecular weight excluding hydrogens is 294 g/mol. The van der Waals surface area contributed by atoms with Gasteiger partial charge in [0.15, 0.2) is 5.16 Å². The van der Waals surface area contributed by atoms with E-state index in [1.54, 1.807) is 36.8 Å².